The van der Waals surface area contributed by atoms with Crippen molar-refractivity contribution >= 4 is 16.1 Å². The van der Waals surface area contributed by atoms with Crippen LogP contribution in [0.5, 0.6) is 0 Å². The van der Waals surface area contributed by atoms with Crippen molar-refractivity contribution < 1.29 is 22.5 Å². The van der Waals surface area contributed by atoms with Crippen LogP contribution in [0.2, 0.25) is 0 Å². The van der Waals surface area contributed by atoms with Gasteiger partial charge in [-0.05, 0) is 37.0 Å². The number of rotatable bonds is 6. The Morgan fingerprint density at radius 1 is 1.07 bits per heavy atom. The number of esters is 1. The summed E-state index contributed by atoms with van der Waals surface area (Å²) in [5.74, 6) is 0.336. The molecule has 1 fully saturated rings. The lowest BCUT2D eigenvalue weighted by molar-refractivity contribution is -0.147. The van der Waals surface area contributed by atoms with E-state index in [1.54, 1.807) is 12.1 Å². The molecule has 1 aliphatic rings. The Hall–Kier alpha value is -2.22. The van der Waals surface area contributed by atoms with E-state index in [1.165, 1.54) is 44.2 Å². The molecule has 0 saturated heterocycles. The van der Waals surface area contributed by atoms with Crippen LogP contribution in [0.1, 0.15) is 49.7 Å². The van der Waals surface area contributed by atoms with Crippen molar-refractivity contribution in [2.24, 2.45) is 11.7 Å². The van der Waals surface area contributed by atoms with Crippen LogP contribution in [0.25, 0.3) is 0 Å². The third kappa shape index (κ3) is 8.65. The van der Waals surface area contributed by atoms with Crippen LogP contribution in [-0.4, -0.2) is 25.0 Å². The average molecular weight is 434 g/mol. The summed E-state index contributed by atoms with van der Waals surface area (Å²) < 4.78 is 34.8. The number of aryl methyl sites for hydroxylation is 1. The Kier molecular flexibility index (Phi) is 9.49. The number of nitrogens with two attached hydrogens (primary N) is 1. The van der Waals surface area contributed by atoms with E-state index < -0.39 is 16.2 Å². The molecule has 2 aromatic carbocycles. The zero-order valence-corrected chi connectivity index (χ0v) is 18.2. The van der Waals surface area contributed by atoms with Gasteiger partial charge in [0.2, 0.25) is 0 Å². The average Bonchev–Trinajstić information content (AvgIpc) is 2.73. The van der Waals surface area contributed by atoms with Crippen molar-refractivity contribution in [3.63, 3.8) is 0 Å². The molecular weight excluding hydrogens is 402 g/mol. The predicted molar refractivity (Wildman–Crippen MR) is 116 cm³/mol. The molecule has 164 valence electrons. The van der Waals surface area contributed by atoms with Gasteiger partial charge < -0.3 is 10.5 Å². The van der Waals surface area contributed by atoms with Gasteiger partial charge in [-0.2, -0.15) is 8.42 Å². The Morgan fingerprint density at radius 2 is 1.67 bits per heavy atom. The number of benzene rings is 2. The molecule has 1 atom stereocenters. The summed E-state index contributed by atoms with van der Waals surface area (Å²) in [6, 6.07) is 15.2. The van der Waals surface area contributed by atoms with E-state index in [2.05, 4.69) is 0 Å². The molecule has 7 heteroatoms. The van der Waals surface area contributed by atoms with Crippen LogP contribution < -0.4 is 5.73 Å². The summed E-state index contributed by atoms with van der Waals surface area (Å²) in [4.78, 5) is 11.8. The molecule has 0 heterocycles. The van der Waals surface area contributed by atoms with Gasteiger partial charge in [-0.25, -0.2) is 0 Å². The zero-order chi connectivity index (χ0) is 22.0. The lowest BCUT2D eigenvalue weighted by Crippen LogP contribution is -2.34. The molecule has 3 N–H and O–H groups in total. The van der Waals surface area contributed by atoms with E-state index in [0.717, 1.165) is 17.5 Å². The molecule has 6 nitrogen and oxygen atoms in total. The molecule has 0 radical (unpaired) electrons. The first-order chi connectivity index (χ1) is 14.3. The fraction of sp³-hybridized carbons (Fsp3) is 0.435. The van der Waals surface area contributed by atoms with Gasteiger partial charge in [0.15, 0.2) is 0 Å². The van der Waals surface area contributed by atoms with Crippen LogP contribution in [-0.2, 0) is 26.3 Å². The Balaban J connectivity index is 0.000000248. The minimum Gasteiger partial charge on any atom is -0.460 e. The standard InChI is InChI=1S/C16H23NO2.C7H8O3S/c17-15(11-13-7-3-1-4-8-13)16(18)19-12-14-9-5-2-6-10-14;1-6-2-4-7(5-3-6)11(8,9)10/h2,5-6,9-10,13,15H,1,3-4,7-8,11-12,17H2;2-5H,1H3,(H,8,9,10)/t15-;/m1./s1. The minimum atomic E-state index is -4.02. The second-order valence-electron chi connectivity index (χ2n) is 7.73. The van der Waals surface area contributed by atoms with Gasteiger partial charge in [0.05, 0.1) is 4.90 Å². The fourth-order valence-electron chi connectivity index (χ4n) is 3.42. The van der Waals surface area contributed by atoms with E-state index >= 15 is 0 Å². The van der Waals surface area contributed by atoms with E-state index in [9.17, 15) is 13.2 Å². The Bertz CT molecular complexity index is 876. The molecule has 1 saturated carbocycles. The normalized spacial score (nSPS) is 15.6. The van der Waals surface area contributed by atoms with E-state index in [4.69, 9.17) is 15.0 Å². The maximum absolute atomic E-state index is 11.8. The lowest BCUT2D eigenvalue weighted by Gasteiger charge is -2.23. The van der Waals surface area contributed by atoms with Gasteiger partial charge >= 0.3 is 5.97 Å². The third-order valence-corrected chi connectivity index (χ3v) is 6.03. The summed E-state index contributed by atoms with van der Waals surface area (Å²) >= 11 is 0. The Morgan fingerprint density at radius 3 is 2.23 bits per heavy atom. The molecule has 0 bridgehead atoms. The highest BCUT2D eigenvalue weighted by molar-refractivity contribution is 7.85. The number of hydrogen-bond acceptors (Lipinski definition) is 5. The molecule has 2 aromatic rings. The molecule has 3 rings (SSSR count). The van der Waals surface area contributed by atoms with Crippen molar-refractivity contribution in [1.29, 1.82) is 0 Å². The Labute approximate surface area is 179 Å². The number of carbonyl (C=O) groups is 1. The van der Waals surface area contributed by atoms with Crippen LogP contribution in [0.3, 0.4) is 0 Å². The third-order valence-electron chi connectivity index (χ3n) is 5.16. The molecule has 0 unspecified atom stereocenters. The molecule has 1 aliphatic carbocycles. The maximum Gasteiger partial charge on any atom is 0.323 e. The van der Waals surface area contributed by atoms with E-state index in [1.807, 2.05) is 37.3 Å². The SMILES string of the molecule is Cc1ccc(S(=O)(=O)O)cc1.N[C@H](CC1CCCCC1)C(=O)OCc1ccccc1. The number of ether oxygens (including phenoxy) is 1. The molecule has 0 amide bonds. The van der Waals surface area contributed by atoms with Gasteiger partial charge in [0.25, 0.3) is 10.1 Å². The number of carbonyl (C=O) groups excluding carboxylic acids is 1. The van der Waals surface area contributed by atoms with Crippen LogP contribution in [0.15, 0.2) is 59.5 Å². The summed E-state index contributed by atoms with van der Waals surface area (Å²) in [7, 11) is -4.02. The molecule has 0 aromatic heterocycles. The highest BCUT2D eigenvalue weighted by Crippen LogP contribution is 2.27. The predicted octanol–water partition coefficient (Wildman–Crippen LogP) is 4.27. The maximum atomic E-state index is 11.8. The molecular formula is C23H31NO5S. The minimum absolute atomic E-state index is 0.0666. The first-order valence-electron chi connectivity index (χ1n) is 10.3. The van der Waals surface area contributed by atoms with Crippen molar-refractivity contribution in [2.75, 3.05) is 0 Å². The summed E-state index contributed by atoms with van der Waals surface area (Å²) in [6.07, 6.45) is 7.06. The highest BCUT2D eigenvalue weighted by Gasteiger charge is 2.22. The summed E-state index contributed by atoms with van der Waals surface area (Å²) in [5.41, 5.74) is 7.89. The van der Waals surface area contributed by atoms with E-state index in [-0.39, 0.29) is 10.9 Å². The molecule has 0 aliphatic heterocycles. The topological polar surface area (TPSA) is 107 Å². The molecule has 0 spiro atoms. The van der Waals surface area contributed by atoms with Crippen LogP contribution in [0, 0.1) is 12.8 Å². The highest BCUT2D eigenvalue weighted by atomic mass is 32.2. The van der Waals surface area contributed by atoms with Gasteiger partial charge in [-0.1, -0.05) is 80.1 Å². The van der Waals surface area contributed by atoms with Crippen molar-refractivity contribution in [3.05, 3.63) is 65.7 Å². The lowest BCUT2D eigenvalue weighted by atomic mass is 9.85. The van der Waals surface area contributed by atoms with Gasteiger partial charge in [-0.15, -0.1) is 0 Å². The largest absolute Gasteiger partial charge is 0.460 e. The monoisotopic (exact) mass is 433 g/mol. The van der Waals surface area contributed by atoms with Crippen molar-refractivity contribution in [2.45, 2.75) is 63.0 Å². The summed E-state index contributed by atoms with van der Waals surface area (Å²) in [5, 5.41) is 0. The molecule has 30 heavy (non-hydrogen) atoms. The quantitative estimate of drug-likeness (QED) is 0.520. The fourth-order valence-corrected chi connectivity index (χ4v) is 3.90. The second kappa shape index (κ2) is 11.8. The zero-order valence-electron chi connectivity index (χ0n) is 17.4. The van der Waals surface area contributed by atoms with Gasteiger partial charge in [0, 0.05) is 0 Å². The van der Waals surface area contributed by atoms with Crippen molar-refractivity contribution in [3.8, 4) is 0 Å². The van der Waals surface area contributed by atoms with Crippen molar-refractivity contribution in [1.82, 2.24) is 0 Å². The first-order valence-corrected chi connectivity index (χ1v) is 11.7. The van der Waals surface area contributed by atoms with Crippen LogP contribution in [0.4, 0.5) is 0 Å². The number of hydrogen-bond donors (Lipinski definition) is 2. The van der Waals surface area contributed by atoms with Crippen LogP contribution >= 0.6 is 0 Å². The first kappa shape index (κ1) is 24.1. The summed E-state index contributed by atoms with van der Waals surface area (Å²) in [6.45, 7) is 2.16. The van der Waals surface area contributed by atoms with Gasteiger partial charge in [0.1, 0.15) is 12.6 Å². The second-order valence-corrected chi connectivity index (χ2v) is 9.15. The van der Waals surface area contributed by atoms with Gasteiger partial charge in [-0.3, -0.25) is 9.35 Å². The van der Waals surface area contributed by atoms with E-state index in [0.29, 0.717) is 12.5 Å². The smallest absolute Gasteiger partial charge is 0.323 e.